The summed E-state index contributed by atoms with van der Waals surface area (Å²) in [4.78, 5) is 11.8. The van der Waals surface area contributed by atoms with E-state index in [2.05, 4.69) is 19.2 Å². The van der Waals surface area contributed by atoms with Crippen molar-refractivity contribution >= 4 is 5.97 Å². The van der Waals surface area contributed by atoms with Crippen LogP contribution in [-0.2, 0) is 4.79 Å². The van der Waals surface area contributed by atoms with E-state index in [9.17, 15) is 9.90 Å². The van der Waals surface area contributed by atoms with Gasteiger partial charge < -0.3 is 5.11 Å². The monoisotopic (exact) mass is 253 g/mol. The van der Waals surface area contributed by atoms with Crippen molar-refractivity contribution in [3.63, 3.8) is 0 Å². The molecule has 0 heterocycles. The van der Waals surface area contributed by atoms with Crippen molar-refractivity contribution in [2.75, 3.05) is 0 Å². The number of hydrogen-bond acceptors (Lipinski definition) is 2. The molecular weight excluding hydrogens is 226 g/mol. The molecule has 2 aliphatic rings. The van der Waals surface area contributed by atoms with Crippen LogP contribution in [0.4, 0.5) is 0 Å². The third-order valence-electron chi connectivity index (χ3n) is 4.93. The van der Waals surface area contributed by atoms with Gasteiger partial charge in [0.2, 0.25) is 0 Å². The minimum Gasteiger partial charge on any atom is -0.480 e. The fourth-order valence-corrected chi connectivity index (χ4v) is 3.55. The Morgan fingerprint density at radius 3 is 2.33 bits per heavy atom. The highest BCUT2D eigenvalue weighted by Gasteiger charge is 2.43. The van der Waals surface area contributed by atoms with Crippen molar-refractivity contribution in [1.82, 2.24) is 5.32 Å². The molecule has 2 fully saturated rings. The smallest absolute Gasteiger partial charge is 0.323 e. The van der Waals surface area contributed by atoms with Crippen molar-refractivity contribution in [3.8, 4) is 0 Å². The second-order valence-electron chi connectivity index (χ2n) is 7.03. The maximum Gasteiger partial charge on any atom is 0.323 e. The second kappa shape index (κ2) is 5.20. The van der Waals surface area contributed by atoms with Crippen LogP contribution in [0.15, 0.2) is 0 Å². The molecule has 0 aliphatic heterocycles. The zero-order valence-electron chi connectivity index (χ0n) is 11.8. The topological polar surface area (TPSA) is 49.3 Å². The van der Waals surface area contributed by atoms with Gasteiger partial charge in [-0.05, 0) is 43.9 Å². The van der Waals surface area contributed by atoms with Gasteiger partial charge in [0, 0.05) is 6.04 Å². The van der Waals surface area contributed by atoms with Crippen LogP contribution in [0.2, 0.25) is 0 Å². The molecular formula is C15H27NO2. The van der Waals surface area contributed by atoms with Gasteiger partial charge in [-0.1, -0.05) is 33.1 Å². The molecule has 0 radical (unpaired) electrons. The first kappa shape index (κ1) is 13.9. The lowest BCUT2D eigenvalue weighted by Crippen LogP contribution is -2.55. The lowest BCUT2D eigenvalue weighted by molar-refractivity contribution is -0.146. The normalized spacial score (nSPS) is 33.2. The summed E-state index contributed by atoms with van der Waals surface area (Å²) in [5, 5.41) is 13.2. The van der Waals surface area contributed by atoms with Gasteiger partial charge in [0.25, 0.3) is 0 Å². The molecule has 0 bridgehead atoms. The van der Waals surface area contributed by atoms with Crippen LogP contribution in [0.5, 0.6) is 0 Å². The zero-order chi connectivity index (χ0) is 13.2. The molecule has 0 aromatic heterocycles. The van der Waals surface area contributed by atoms with Gasteiger partial charge in [0.05, 0.1) is 0 Å². The van der Waals surface area contributed by atoms with Crippen LogP contribution < -0.4 is 5.32 Å². The first-order chi connectivity index (χ1) is 8.44. The predicted molar refractivity (Wildman–Crippen MR) is 72.6 cm³/mol. The molecule has 2 N–H and O–H groups in total. The van der Waals surface area contributed by atoms with Crippen LogP contribution >= 0.6 is 0 Å². The molecule has 1 atom stereocenters. The molecule has 0 spiro atoms. The molecule has 0 aromatic carbocycles. The van der Waals surface area contributed by atoms with E-state index in [1.807, 2.05) is 0 Å². The largest absolute Gasteiger partial charge is 0.480 e. The molecule has 2 saturated carbocycles. The van der Waals surface area contributed by atoms with E-state index in [1.54, 1.807) is 0 Å². The van der Waals surface area contributed by atoms with E-state index in [-0.39, 0.29) is 0 Å². The Balaban J connectivity index is 2.08. The van der Waals surface area contributed by atoms with Gasteiger partial charge in [-0.15, -0.1) is 0 Å². The Bertz CT molecular complexity index is 308. The number of carboxylic acid groups (broad SMARTS) is 1. The number of aliphatic carboxylic acids is 1. The lowest BCUT2D eigenvalue weighted by Gasteiger charge is -2.33. The molecule has 0 saturated heterocycles. The first-order valence-corrected chi connectivity index (χ1v) is 7.45. The highest BCUT2D eigenvalue weighted by molar-refractivity contribution is 5.78. The fraction of sp³-hybridized carbons (Fsp3) is 0.933. The predicted octanol–water partition coefficient (Wildman–Crippen LogP) is 3.33. The minimum absolute atomic E-state index is 0.300. The van der Waals surface area contributed by atoms with Crippen LogP contribution in [-0.4, -0.2) is 22.7 Å². The van der Waals surface area contributed by atoms with E-state index in [0.29, 0.717) is 11.5 Å². The third-order valence-corrected chi connectivity index (χ3v) is 4.93. The molecule has 3 heteroatoms. The van der Waals surface area contributed by atoms with E-state index in [1.165, 1.54) is 12.8 Å². The van der Waals surface area contributed by atoms with Crippen LogP contribution in [0.3, 0.4) is 0 Å². The summed E-state index contributed by atoms with van der Waals surface area (Å²) in [5.74, 6) is -0.632. The Labute approximate surface area is 110 Å². The summed E-state index contributed by atoms with van der Waals surface area (Å²) in [6.45, 7) is 4.53. The Hall–Kier alpha value is -0.570. The highest BCUT2D eigenvalue weighted by atomic mass is 16.4. The second-order valence-corrected chi connectivity index (χ2v) is 7.03. The van der Waals surface area contributed by atoms with Gasteiger partial charge in [0.15, 0.2) is 0 Å². The number of carbonyl (C=O) groups is 1. The number of carboxylic acids is 1. The van der Waals surface area contributed by atoms with Crippen molar-refractivity contribution in [2.45, 2.75) is 83.2 Å². The van der Waals surface area contributed by atoms with E-state index < -0.39 is 11.5 Å². The molecule has 18 heavy (non-hydrogen) atoms. The van der Waals surface area contributed by atoms with Gasteiger partial charge in [-0.2, -0.15) is 0 Å². The quantitative estimate of drug-likeness (QED) is 0.758. The van der Waals surface area contributed by atoms with Crippen LogP contribution in [0.25, 0.3) is 0 Å². The summed E-state index contributed by atoms with van der Waals surface area (Å²) >= 11 is 0. The van der Waals surface area contributed by atoms with E-state index in [4.69, 9.17) is 0 Å². The summed E-state index contributed by atoms with van der Waals surface area (Å²) in [5.41, 5.74) is -0.350. The number of hydrogen-bond donors (Lipinski definition) is 2. The maximum atomic E-state index is 11.8. The molecule has 0 amide bonds. The van der Waals surface area contributed by atoms with Gasteiger partial charge in [0.1, 0.15) is 5.54 Å². The average molecular weight is 253 g/mol. The maximum absolute atomic E-state index is 11.8. The Morgan fingerprint density at radius 2 is 1.72 bits per heavy atom. The summed E-state index contributed by atoms with van der Waals surface area (Å²) in [7, 11) is 0. The molecule has 0 aromatic rings. The highest BCUT2D eigenvalue weighted by Crippen LogP contribution is 2.39. The Kier molecular flexibility index (Phi) is 4.00. The van der Waals surface area contributed by atoms with Crippen molar-refractivity contribution < 1.29 is 9.90 Å². The fourth-order valence-electron chi connectivity index (χ4n) is 3.55. The Morgan fingerprint density at radius 1 is 1.06 bits per heavy atom. The van der Waals surface area contributed by atoms with Crippen molar-refractivity contribution in [2.24, 2.45) is 5.41 Å². The van der Waals surface area contributed by atoms with Gasteiger partial charge in [-0.3, -0.25) is 10.1 Å². The molecule has 104 valence electrons. The van der Waals surface area contributed by atoms with Crippen molar-refractivity contribution in [3.05, 3.63) is 0 Å². The lowest BCUT2D eigenvalue weighted by atomic mass is 9.83. The first-order valence-electron chi connectivity index (χ1n) is 7.45. The molecule has 1 unspecified atom stereocenters. The van der Waals surface area contributed by atoms with Crippen LogP contribution in [0, 0.1) is 5.41 Å². The minimum atomic E-state index is -0.650. The standard InChI is InChI=1S/C15H27NO2/c1-14(2)8-5-9-15(11-10-14,13(17)18)16-12-6-3-4-7-12/h12,16H,3-11H2,1-2H3,(H,17,18). The van der Waals surface area contributed by atoms with E-state index in [0.717, 1.165) is 44.9 Å². The van der Waals surface area contributed by atoms with Gasteiger partial charge >= 0.3 is 5.97 Å². The zero-order valence-corrected chi connectivity index (χ0v) is 11.8. The molecule has 2 aliphatic carbocycles. The average Bonchev–Trinajstić information content (AvgIpc) is 2.72. The van der Waals surface area contributed by atoms with Gasteiger partial charge in [-0.25, -0.2) is 0 Å². The number of rotatable bonds is 3. The molecule has 2 rings (SSSR count). The molecule has 3 nitrogen and oxygen atoms in total. The summed E-state index contributed by atoms with van der Waals surface area (Å²) in [6, 6.07) is 0.433. The van der Waals surface area contributed by atoms with Crippen LogP contribution in [0.1, 0.15) is 71.6 Å². The van der Waals surface area contributed by atoms with E-state index >= 15 is 0 Å². The summed E-state index contributed by atoms with van der Waals surface area (Å²) < 4.78 is 0. The summed E-state index contributed by atoms with van der Waals surface area (Å²) in [6.07, 6.45) is 9.56. The number of nitrogens with one attached hydrogen (secondary N) is 1. The van der Waals surface area contributed by atoms with Crippen molar-refractivity contribution in [1.29, 1.82) is 0 Å². The third kappa shape index (κ3) is 3.05. The SMILES string of the molecule is CC1(C)CCCC(NC2CCCC2)(C(=O)O)CC1.